The molecule has 0 heterocycles. The number of likely N-dealkylation sites (N-methyl/N-ethyl adjacent to an activating group) is 1. The van der Waals surface area contributed by atoms with Crippen molar-refractivity contribution >= 4 is 0 Å². The minimum Gasteiger partial charge on any atom is -0.494 e. The zero-order valence-electron chi connectivity index (χ0n) is 11.6. The molecular weight excluding hydrogens is 231 g/mol. The number of methoxy groups -OCH3 is 1. The van der Waals surface area contributed by atoms with E-state index in [1.54, 1.807) is 6.07 Å². The van der Waals surface area contributed by atoms with Crippen LogP contribution in [0.1, 0.15) is 31.9 Å². The lowest BCUT2D eigenvalue weighted by molar-refractivity contribution is 0.237. The molecule has 2 atom stereocenters. The Morgan fingerprint density at radius 3 is 2.61 bits per heavy atom. The maximum atomic E-state index is 13.6. The van der Waals surface area contributed by atoms with Gasteiger partial charge in [0.2, 0.25) is 0 Å². The first-order valence-corrected chi connectivity index (χ1v) is 6.28. The van der Waals surface area contributed by atoms with Crippen molar-refractivity contribution in [2.24, 2.45) is 5.73 Å². The monoisotopic (exact) mass is 254 g/mol. The van der Waals surface area contributed by atoms with Gasteiger partial charge in [-0.1, -0.05) is 13.0 Å². The molecule has 1 aromatic carbocycles. The third-order valence-electron chi connectivity index (χ3n) is 3.43. The molecule has 0 aliphatic rings. The van der Waals surface area contributed by atoms with E-state index < -0.39 is 0 Å². The van der Waals surface area contributed by atoms with Crippen LogP contribution in [0, 0.1) is 5.82 Å². The molecule has 0 amide bonds. The van der Waals surface area contributed by atoms with Crippen LogP contribution in [0.15, 0.2) is 18.2 Å². The standard InChI is InChI=1S/C14H23FN2O/c1-5-10(2)17(3)9-13(16)11-6-7-14(18-4)12(15)8-11/h6-8,10,13H,5,9,16H2,1-4H3. The van der Waals surface area contributed by atoms with Crippen LogP contribution < -0.4 is 10.5 Å². The fourth-order valence-electron chi connectivity index (χ4n) is 1.82. The highest BCUT2D eigenvalue weighted by atomic mass is 19.1. The normalized spacial score (nSPS) is 14.6. The molecule has 0 saturated heterocycles. The number of ether oxygens (including phenoxy) is 1. The van der Waals surface area contributed by atoms with Crippen molar-refractivity contribution in [2.45, 2.75) is 32.4 Å². The van der Waals surface area contributed by atoms with Gasteiger partial charge in [0.15, 0.2) is 11.6 Å². The van der Waals surface area contributed by atoms with Crippen LogP contribution in [0.4, 0.5) is 4.39 Å². The van der Waals surface area contributed by atoms with Crippen LogP contribution in [0.2, 0.25) is 0 Å². The van der Waals surface area contributed by atoms with Gasteiger partial charge in [-0.05, 0) is 38.1 Å². The Morgan fingerprint density at radius 1 is 1.44 bits per heavy atom. The van der Waals surface area contributed by atoms with Crippen molar-refractivity contribution in [1.29, 1.82) is 0 Å². The topological polar surface area (TPSA) is 38.5 Å². The van der Waals surface area contributed by atoms with E-state index in [9.17, 15) is 4.39 Å². The summed E-state index contributed by atoms with van der Waals surface area (Å²) in [5, 5.41) is 0. The molecule has 3 nitrogen and oxygen atoms in total. The Balaban J connectivity index is 2.72. The van der Waals surface area contributed by atoms with Crippen molar-refractivity contribution in [2.75, 3.05) is 20.7 Å². The van der Waals surface area contributed by atoms with Gasteiger partial charge in [0.05, 0.1) is 7.11 Å². The van der Waals surface area contributed by atoms with E-state index in [0.29, 0.717) is 12.6 Å². The van der Waals surface area contributed by atoms with Gasteiger partial charge in [-0.25, -0.2) is 4.39 Å². The second-order valence-electron chi connectivity index (χ2n) is 4.70. The van der Waals surface area contributed by atoms with E-state index in [0.717, 1.165) is 12.0 Å². The van der Waals surface area contributed by atoms with Gasteiger partial charge in [-0.2, -0.15) is 0 Å². The van der Waals surface area contributed by atoms with Crippen LogP contribution in [-0.2, 0) is 0 Å². The number of rotatable bonds is 6. The Labute approximate surface area is 109 Å². The van der Waals surface area contributed by atoms with E-state index in [1.807, 2.05) is 13.1 Å². The highest BCUT2D eigenvalue weighted by Gasteiger charge is 2.14. The number of nitrogens with zero attached hydrogens (tertiary/aromatic N) is 1. The van der Waals surface area contributed by atoms with Gasteiger partial charge in [-0.3, -0.25) is 0 Å². The van der Waals surface area contributed by atoms with E-state index in [2.05, 4.69) is 18.7 Å². The molecule has 0 radical (unpaired) electrons. The second kappa shape index (κ2) is 6.71. The molecule has 0 aromatic heterocycles. The third kappa shape index (κ3) is 3.68. The molecule has 102 valence electrons. The third-order valence-corrected chi connectivity index (χ3v) is 3.43. The van der Waals surface area contributed by atoms with Crippen molar-refractivity contribution in [1.82, 2.24) is 4.90 Å². The fraction of sp³-hybridized carbons (Fsp3) is 0.571. The highest BCUT2D eigenvalue weighted by Crippen LogP contribution is 2.21. The molecule has 18 heavy (non-hydrogen) atoms. The van der Waals surface area contributed by atoms with Gasteiger partial charge in [0.1, 0.15) is 0 Å². The number of nitrogens with two attached hydrogens (primary N) is 1. The molecule has 1 rings (SSSR count). The van der Waals surface area contributed by atoms with Crippen LogP contribution in [0.25, 0.3) is 0 Å². The molecule has 4 heteroatoms. The zero-order chi connectivity index (χ0) is 13.7. The molecule has 0 fully saturated rings. The Morgan fingerprint density at radius 2 is 2.11 bits per heavy atom. The highest BCUT2D eigenvalue weighted by molar-refractivity contribution is 5.31. The minimum absolute atomic E-state index is 0.190. The summed E-state index contributed by atoms with van der Waals surface area (Å²) in [4.78, 5) is 2.19. The fourth-order valence-corrected chi connectivity index (χ4v) is 1.82. The summed E-state index contributed by atoms with van der Waals surface area (Å²) in [5.41, 5.74) is 6.89. The Bertz CT molecular complexity index is 384. The summed E-state index contributed by atoms with van der Waals surface area (Å²) in [7, 11) is 3.49. The number of hydrogen-bond acceptors (Lipinski definition) is 3. The molecule has 2 unspecified atom stereocenters. The van der Waals surface area contributed by atoms with Crippen molar-refractivity contribution < 1.29 is 9.13 Å². The maximum absolute atomic E-state index is 13.6. The average Bonchev–Trinajstić information content (AvgIpc) is 2.37. The van der Waals surface area contributed by atoms with Crippen molar-refractivity contribution in [3.63, 3.8) is 0 Å². The first kappa shape index (κ1) is 14.9. The Hall–Kier alpha value is -1.13. The lowest BCUT2D eigenvalue weighted by Gasteiger charge is -2.26. The molecule has 0 spiro atoms. The molecule has 0 aliphatic carbocycles. The molecule has 0 saturated carbocycles. The van der Waals surface area contributed by atoms with Crippen molar-refractivity contribution in [3.05, 3.63) is 29.6 Å². The SMILES string of the molecule is CCC(C)N(C)CC(N)c1ccc(OC)c(F)c1. The first-order valence-electron chi connectivity index (χ1n) is 6.28. The quantitative estimate of drug-likeness (QED) is 0.848. The van der Waals surface area contributed by atoms with Crippen LogP contribution in [0.5, 0.6) is 5.75 Å². The lowest BCUT2D eigenvalue weighted by Crippen LogP contribution is -2.35. The smallest absolute Gasteiger partial charge is 0.165 e. The van der Waals surface area contributed by atoms with E-state index in [-0.39, 0.29) is 17.6 Å². The summed E-state index contributed by atoms with van der Waals surface area (Å²) in [5.74, 6) is -0.113. The van der Waals surface area contributed by atoms with E-state index in [4.69, 9.17) is 10.5 Å². The minimum atomic E-state index is -0.364. The van der Waals surface area contributed by atoms with Gasteiger partial charge in [-0.15, -0.1) is 0 Å². The van der Waals surface area contributed by atoms with Gasteiger partial charge >= 0.3 is 0 Å². The van der Waals surface area contributed by atoms with E-state index in [1.165, 1.54) is 13.2 Å². The molecule has 0 aliphatic heterocycles. The Kier molecular flexibility index (Phi) is 5.56. The summed E-state index contributed by atoms with van der Waals surface area (Å²) in [6.07, 6.45) is 1.07. The molecule has 2 N–H and O–H groups in total. The summed E-state index contributed by atoms with van der Waals surface area (Å²) in [6.45, 7) is 5.00. The number of benzene rings is 1. The number of hydrogen-bond donors (Lipinski definition) is 1. The van der Waals surface area contributed by atoms with Gasteiger partial charge < -0.3 is 15.4 Å². The summed E-state index contributed by atoms with van der Waals surface area (Å²) < 4.78 is 18.5. The summed E-state index contributed by atoms with van der Waals surface area (Å²) in [6, 6.07) is 5.17. The van der Waals surface area contributed by atoms with Gasteiger partial charge in [0, 0.05) is 18.6 Å². The van der Waals surface area contributed by atoms with E-state index >= 15 is 0 Å². The van der Waals surface area contributed by atoms with Crippen molar-refractivity contribution in [3.8, 4) is 5.75 Å². The summed E-state index contributed by atoms with van der Waals surface area (Å²) >= 11 is 0. The molecular formula is C14H23FN2O. The average molecular weight is 254 g/mol. The predicted molar refractivity (Wildman–Crippen MR) is 72.3 cm³/mol. The number of halogens is 1. The first-order chi connectivity index (χ1) is 8.49. The van der Waals surface area contributed by atoms with Crippen LogP contribution in [-0.4, -0.2) is 31.6 Å². The van der Waals surface area contributed by atoms with Gasteiger partial charge in [0.25, 0.3) is 0 Å². The largest absolute Gasteiger partial charge is 0.494 e. The molecule has 0 bridgehead atoms. The molecule has 1 aromatic rings. The zero-order valence-corrected chi connectivity index (χ0v) is 11.6. The van der Waals surface area contributed by atoms with Crippen LogP contribution in [0.3, 0.4) is 0 Å². The lowest BCUT2D eigenvalue weighted by atomic mass is 10.1. The maximum Gasteiger partial charge on any atom is 0.165 e. The predicted octanol–water partition coefficient (Wildman–Crippen LogP) is 2.56. The second-order valence-corrected chi connectivity index (χ2v) is 4.70. The van der Waals surface area contributed by atoms with Crippen LogP contribution >= 0.6 is 0 Å².